The molecule has 0 unspecified atom stereocenters. The number of rotatable bonds is 2. The molecule has 1 aromatic heterocycles. The number of nitrogens with one attached hydrogen (secondary N) is 1. The summed E-state index contributed by atoms with van der Waals surface area (Å²) in [6, 6.07) is 3.48. The average molecular weight is 263 g/mol. The quantitative estimate of drug-likeness (QED) is 0.850. The van der Waals surface area contributed by atoms with E-state index in [0.717, 1.165) is 13.1 Å². The Balaban J connectivity index is 2.11. The number of hydrogen-bond donors (Lipinski definition) is 1. The van der Waals surface area contributed by atoms with Crippen molar-refractivity contribution in [2.75, 3.05) is 39.0 Å². The molecule has 19 heavy (non-hydrogen) atoms. The van der Waals surface area contributed by atoms with E-state index in [2.05, 4.69) is 41.3 Å². The molecule has 0 atom stereocenters. The minimum absolute atomic E-state index is 0.00769. The summed E-state index contributed by atoms with van der Waals surface area (Å²) in [7, 11) is 3.86. The summed E-state index contributed by atoms with van der Waals surface area (Å²) in [6.45, 7) is 6.59. The summed E-state index contributed by atoms with van der Waals surface area (Å²) < 4.78 is 0. The van der Waals surface area contributed by atoms with Crippen LogP contribution < -0.4 is 5.32 Å². The van der Waals surface area contributed by atoms with Crippen LogP contribution in [-0.4, -0.2) is 65.2 Å². The minimum atomic E-state index is -0.0451. The molecule has 1 fully saturated rings. The Morgan fingerprint density at radius 3 is 2.58 bits per heavy atom. The van der Waals surface area contributed by atoms with E-state index in [1.54, 1.807) is 19.2 Å². The van der Waals surface area contributed by atoms with Crippen molar-refractivity contribution in [1.29, 1.82) is 0 Å². The van der Waals surface area contributed by atoms with Gasteiger partial charge in [-0.3, -0.25) is 9.69 Å². The van der Waals surface area contributed by atoms with Gasteiger partial charge in [-0.1, -0.05) is 0 Å². The highest BCUT2D eigenvalue weighted by molar-refractivity contribution is 5.92. The second-order valence-corrected chi connectivity index (χ2v) is 5.51. The standard InChI is InChI=1S/C13H21N5O/c1-13(2)9-18(8-7-17(13)4)12(19)10-5-6-11(14-3)16-15-10/h5-6H,7-9H2,1-4H3,(H,14,16). The second-order valence-electron chi connectivity index (χ2n) is 5.51. The fraction of sp³-hybridized carbons (Fsp3) is 0.615. The van der Waals surface area contributed by atoms with Crippen LogP contribution >= 0.6 is 0 Å². The molecule has 1 saturated heterocycles. The van der Waals surface area contributed by atoms with Crippen molar-refractivity contribution in [3.63, 3.8) is 0 Å². The topological polar surface area (TPSA) is 61.4 Å². The molecule has 104 valence electrons. The van der Waals surface area contributed by atoms with E-state index in [1.807, 2.05) is 4.90 Å². The van der Waals surface area contributed by atoms with Gasteiger partial charge in [0, 0.05) is 32.2 Å². The number of carbonyl (C=O) groups excluding carboxylic acids is 1. The molecule has 0 radical (unpaired) electrons. The van der Waals surface area contributed by atoms with E-state index in [4.69, 9.17) is 0 Å². The number of likely N-dealkylation sites (N-methyl/N-ethyl adjacent to an activating group) is 1. The number of aromatic nitrogens is 2. The first-order valence-corrected chi connectivity index (χ1v) is 6.46. The summed E-state index contributed by atoms with van der Waals surface area (Å²) in [5.74, 6) is 0.617. The molecule has 2 heterocycles. The monoisotopic (exact) mass is 263 g/mol. The van der Waals surface area contributed by atoms with Crippen LogP contribution in [0.15, 0.2) is 12.1 Å². The molecule has 0 aliphatic carbocycles. The minimum Gasteiger partial charge on any atom is -0.372 e. The zero-order chi connectivity index (χ0) is 14.0. The molecule has 1 aliphatic rings. The fourth-order valence-corrected chi connectivity index (χ4v) is 2.16. The van der Waals surface area contributed by atoms with E-state index in [-0.39, 0.29) is 11.4 Å². The van der Waals surface area contributed by atoms with Crippen molar-refractivity contribution in [2.24, 2.45) is 0 Å². The van der Waals surface area contributed by atoms with Gasteiger partial charge in [-0.25, -0.2) is 0 Å². The van der Waals surface area contributed by atoms with Crippen molar-refractivity contribution < 1.29 is 4.79 Å². The largest absolute Gasteiger partial charge is 0.372 e. The zero-order valence-corrected chi connectivity index (χ0v) is 12.0. The highest BCUT2D eigenvalue weighted by Crippen LogP contribution is 2.20. The number of hydrogen-bond acceptors (Lipinski definition) is 5. The Morgan fingerprint density at radius 2 is 2.05 bits per heavy atom. The van der Waals surface area contributed by atoms with Crippen LogP contribution in [0.2, 0.25) is 0 Å². The Kier molecular flexibility index (Phi) is 3.71. The van der Waals surface area contributed by atoms with Gasteiger partial charge in [0.1, 0.15) is 5.82 Å². The van der Waals surface area contributed by atoms with Crippen molar-refractivity contribution in [3.05, 3.63) is 17.8 Å². The fourth-order valence-electron chi connectivity index (χ4n) is 2.16. The van der Waals surface area contributed by atoms with Crippen molar-refractivity contribution in [3.8, 4) is 0 Å². The molecule has 0 aromatic carbocycles. The van der Waals surface area contributed by atoms with Gasteiger partial charge in [-0.2, -0.15) is 0 Å². The third kappa shape index (κ3) is 2.84. The van der Waals surface area contributed by atoms with E-state index in [0.29, 0.717) is 18.1 Å². The average Bonchev–Trinajstić information content (AvgIpc) is 2.41. The summed E-state index contributed by atoms with van der Waals surface area (Å²) in [6.07, 6.45) is 0. The van der Waals surface area contributed by atoms with E-state index >= 15 is 0 Å². The first-order chi connectivity index (χ1) is 8.94. The predicted octanol–water partition coefficient (Wildman–Crippen LogP) is 0.684. The normalized spacial score (nSPS) is 19.3. The second kappa shape index (κ2) is 5.13. The number of carbonyl (C=O) groups is 1. The first kappa shape index (κ1) is 13.7. The molecular weight excluding hydrogens is 242 g/mol. The van der Waals surface area contributed by atoms with Crippen LogP contribution in [0.1, 0.15) is 24.3 Å². The Hall–Kier alpha value is -1.69. The van der Waals surface area contributed by atoms with Crippen molar-refractivity contribution in [1.82, 2.24) is 20.0 Å². The maximum absolute atomic E-state index is 12.4. The lowest BCUT2D eigenvalue weighted by Crippen LogP contribution is -2.58. The van der Waals surface area contributed by atoms with Crippen molar-refractivity contribution in [2.45, 2.75) is 19.4 Å². The lowest BCUT2D eigenvalue weighted by Gasteiger charge is -2.45. The van der Waals surface area contributed by atoms with Gasteiger partial charge in [0.15, 0.2) is 5.69 Å². The smallest absolute Gasteiger partial charge is 0.274 e. The summed E-state index contributed by atoms with van der Waals surface area (Å²) in [5.41, 5.74) is 0.394. The Labute approximate surface area is 113 Å². The predicted molar refractivity (Wildman–Crippen MR) is 74.2 cm³/mol. The SMILES string of the molecule is CNc1ccc(C(=O)N2CCN(C)C(C)(C)C2)nn1. The molecule has 1 amide bonds. The van der Waals surface area contributed by atoms with Crippen LogP contribution in [-0.2, 0) is 0 Å². The highest BCUT2D eigenvalue weighted by Gasteiger charge is 2.33. The number of anilines is 1. The van der Waals surface area contributed by atoms with Crippen LogP contribution in [0.5, 0.6) is 0 Å². The molecule has 1 aliphatic heterocycles. The van der Waals surface area contributed by atoms with E-state index < -0.39 is 0 Å². The zero-order valence-electron chi connectivity index (χ0n) is 12.0. The molecular formula is C13H21N5O. The highest BCUT2D eigenvalue weighted by atomic mass is 16.2. The van der Waals surface area contributed by atoms with Crippen LogP contribution in [0, 0.1) is 0 Å². The third-order valence-corrected chi connectivity index (χ3v) is 3.74. The summed E-state index contributed by atoms with van der Waals surface area (Å²) >= 11 is 0. The molecule has 1 aromatic rings. The maximum atomic E-state index is 12.4. The number of piperazine rings is 1. The van der Waals surface area contributed by atoms with Gasteiger partial charge < -0.3 is 10.2 Å². The molecule has 2 rings (SSSR count). The lowest BCUT2D eigenvalue weighted by molar-refractivity contribution is 0.0306. The maximum Gasteiger partial charge on any atom is 0.274 e. The van der Waals surface area contributed by atoms with Crippen LogP contribution in [0.4, 0.5) is 5.82 Å². The Morgan fingerprint density at radius 1 is 1.32 bits per heavy atom. The summed E-state index contributed by atoms with van der Waals surface area (Å²) in [5, 5.41) is 10.8. The van der Waals surface area contributed by atoms with Gasteiger partial charge in [0.25, 0.3) is 5.91 Å². The lowest BCUT2D eigenvalue weighted by atomic mass is 9.99. The molecule has 6 nitrogen and oxygen atoms in total. The summed E-state index contributed by atoms with van der Waals surface area (Å²) in [4.78, 5) is 16.5. The van der Waals surface area contributed by atoms with Gasteiger partial charge in [0.05, 0.1) is 0 Å². The molecule has 0 saturated carbocycles. The number of nitrogens with zero attached hydrogens (tertiary/aromatic N) is 4. The van der Waals surface area contributed by atoms with Crippen LogP contribution in [0.3, 0.4) is 0 Å². The van der Waals surface area contributed by atoms with Crippen molar-refractivity contribution >= 4 is 11.7 Å². The van der Waals surface area contributed by atoms with Gasteiger partial charge in [-0.15, -0.1) is 10.2 Å². The first-order valence-electron chi connectivity index (χ1n) is 6.46. The molecule has 0 spiro atoms. The van der Waals surface area contributed by atoms with Gasteiger partial charge >= 0.3 is 0 Å². The third-order valence-electron chi connectivity index (χ3n) is 3.74. The molecule has 1 N–H and O–H groups in total. The molecule has 0 bridgehead atoms. The number of amides is 1. The van der Waals surface area contributed by atoms with Gasteiger partial charge in [0.2, 0.25) is 0 Å². The molecule has 6 heteroatoms. The van der Waals surface area contributed by atoms with Gasteiger partial charge in [-0.05, 0) is 33.0 Å². The van der Waals surface area contributed by atoms with E-state index in [9.17, 15) is 4.79 Å². The Bertz CT molecular complexity index is 457. The van der Waals surface area contributed by atoms with Crippen LogP contribution in [0.25, 0.3) is 0 Å². The van der Waals surface area contributed by atoms with E-state index in [1.165, 1.54) is 0 Å².